The molecule has 1 aromatic rings. The van der Waals surface area contributed by atoms with Gasteiger partial charge in [-0.2, -0.15) is 0 Å². The number of amides is 1. The van der Waals surface area contributed by atoms with Crippen molar-refractivity contribution in [2.75, 3.05) is 23.9 Å². The van der Waals surface area contributed by atoms with Crippen LogP contribution in [0.5, 0.6) is 5.75 Å². The summed E-state index contributed by atoms with van der Waals surface area (Å²) in [5.41, 5.74) is 0.543. The van der Waals surface area contributed by atoms with Crippen LogP contribution in [0.15, 0.2) is 18.2 Å². The Morgan fingerprint density at radius 3 is 2.72 bits per heavy atom. The topological polar surface area (TPSA) is 75.6 Å². The highest BCUT2D eigenvalue weighted by Gasteiger charge is 2.07. The number of methoxy groups -OCH3 is 1. The van der Waals surface area contributed by atoms with Crippen LogP contribution in [0.1, 0.15) is 0 Å². The molecule has 0 spiro atoms. The number of nitrogens with one attached hydrogen (secondary N) is 1. The number of carboxylic acids is 1. The number of thioether (sulfide) groups is 1. The Hall–Kier alpha value is -1.40. The molecule has 0 saturated carbocycles. The van der Waals surface area contributed by atoms with Crippen LogP contribution in [0.4, 0.5) is 5.69 Å². The summed E-state index contributed by atoms with van der Waals surface area (Å²) < 4.78 is 4.98. The zero-order valence-corrected chi connectivity index (χ0v) is 11.2. The van der Waals surface area contributed by atoms with Gasteiger partial charge >= 0.3 is 5.97 Å². The van der Waals surface area contributed by atoms with Gasteiger partial charge in [0.25, 0.3) is 0 Å². The molecule has 0 aliphatic carbocycles. The monoisotopic (exact) mass is 289 g/mol. The molecule has 1 amide bonds. The minimum absolute atomic E-state index is 0.0793. The van der Waals surface area contributed by atoms with Crippen molar-refractivity contribution in [2.24, 2.45) is 0 Å². The van der Waals surface area contributed by atoms with Crippen LogP contribution in [-0.2, 0) is 9.59 Å². The number of rotatable bonds is 6. The van der Waals surface area contributed by atoms with Gasteiger partial charge in [0, 0.05) is 5.69 Å². The third-order valence-corrected chi connectivity index (χ3v) is 3.11. The maximum atomic E-state index is 11.5. The van der Waals surface area contributed by atoms with Crippen molar-refractivity contribution >= 4 is 40.9 Å². The summed E-state index contributed by atoms with van der Waals surface area (Å²) in [5.74, 6) is -0.718. The second-order valence-electron chi connectivity index (χ2n) is 3.28. The van der Waals surface area contributed by atoms with Crippen LogP contribution in [0.3, 0.4) is 0 Å². The van der Waals surface area contributed by atoms with Crippen molar-refractivity contribution in [3.63, 3.8) is 0 Å². The normalized spacial score (nSPS) is 9.89. The fourth-order valence-electron chi connectivity index (χ4n) is 1.17. The van der Waals surface area contributed by atoms with Crippen molar-refractivity contribution in [1.29, 1.82) is 0 Å². The number of benzene rings is 1. The highest BCUT2D eigenvalue weighted by atomic mass is 35.5. The lowest BCUT2D eigenvalue weighted by Gasteiger charge is -2.07. The molecule has 0 aromatic heterocycles. The first-order chi connectivity index (χ1) is 8.52. The van der Waals surface area contributed by atoms with E-state index in [1.807, 2.05) is 0 Å². The Kier molecular flexibility index (Phi) is 5.80. The molecule has 0 radical (unpaired) electrons. The van der Waals surface area contributed by atoms with E-state index in [9.17, 15) is 9.59 Å². The largest absolute Gasteiger partial charge is 0.495 e. The molecule has 0 heterocycles. The van der Waals surface area contributed by atoms with E-state index < -0.39 is 5.97 Å². The molecule has 0 aliphatic heterocycles. The number of halogens is 1. The molecule has 18 heavy (non-hydrogen) atoms. The zero-order chi connectivity index (χ0) is 13.5. The van der Waals surface area contributed by atoms with E-state index in [0.717, 1.165) is 11.8 Å². The summed E-state index contributed by atoms with van der Waals surface area (Å²) in [7, 11) is 1.50. The molecule has 1 aromatic carbocycles. The van der Waals surface area contributed by atoms with E-state index in [-0.39, 0.29) is 17.4 Å². The van der Waals surface area contributed by atoms with E-state index >= 15 is 0 Å². The number of ether oxygens (including phenoxy) is 1. The number of carbonyl (C=O) groups excluding carboxylic acids is 1. The first-order valence-corrected chi connectivity index (χ1v) is 6.49. The van der Waals surface area contributed by atoms with E-state index in [4.69, 9.17) is 21.4 Å². The van der Waals surface area contributed by atoms with Gasteiger partial charge in [-0.15, -0.1) is 11.8 Å². The lowest BCUT2D eigenvalue weighted by Crippen LogP contribution is -2.15. The van der Waals surface area contributed by atoms with Gasteiger partial charge in [0.2, 0.25) is 5.91 Å². The van der Waals surface area contributed by atoms with E-state index in [1.165, 1.54) is 7.11 Å². The summed E-state index contributed by atoms with van der Waals surface area (Å²) >= 11 is 6.93. The molecule has 98 valence electrons. The molecule has 0 aliphatic rings. The third-order valence-electron chi connectivity index (χ3n) is 1.89. The Morgan fingerprint density at radius 1 is 1.44 bits per heavy atom. The first kappa shape index (κ1) is 14.7. The summed E-state index contributed by atoms with van der Waals surface area (Å²) in [6.07, 6.45) is 0. The number of carbonyl (C=O) groups is 2. The van der Waals surface area contributed by atoms with Crippen molar-refractivity contribution in [2.45, 2.75) is 0 Å². The van der Waals surface area contributed by atoms with Gasteiger partial charge in [0.05, 0.1) is 23.6 Å². The lowest BCUT2D eigenvalue weighted by molar-refractivity contribution is -0.133. The quantitative estimate of drug-likeness (QED) is 0.839. The molecule has 5 nitrogen and oxygen atoms in total. The summed E-state index contributed by atoms with van der Waals surface area (Å²) in [5, 5.41) is 11.4. The van der Waals surface area contributed by atoms with Crippen molar-refractivity contribution in [1.82, 2.24) is 0 Å². The molecular weight excluding hydrogens is 278 g/mol. The highest BCUT2D eigenvalue weighted by Crippen LogP contribution is 2.27. The maximum Gasteiger partial charge on any atom is 0.313 e. The first-order valence-electron chi connectivity index (χ1n) is 4.96. The van der Waals surface area contributed by atoms with Crippen LogP contribution in [0, 0.1) is 0 Å². The molecule has 0 fully saturated rings. The van der Waals surface area contributed by atoms with Crippen molar-refractivity contribution in [3.05, 3.63) is 23.2 Å². The predicted molar refractivity (Wildman–Crippen MR) is 71.6 cm³/mol. The van der Waals surface area contributed by atoms with Crippen LogP contribution < -0.4 is 10.1 Å². The van der Waals surface area contributed by atoms with Crippen LogP contribution >= 0.6 is 23.4 Å². The Labute approximate surface area is 113 Å². The fraction of sp³-hybridized carbons (Fsp3) is 0.273. The second-order valence-corrected chi connectivity index (χ2v) is 4.68. The van der Waals surface area contributed by atoms with Gasteiger partial charge in [-0.1, -0.05) is 11.6 Å². The zero-order valence-electron chi connectivity index (χ0n) is 9.60. The molecule has 0 atom stereocenters. The number of aliphatic carboxylic acids is 1. The fourth-order valence-corrected chi connectivity index (χ4v) is 1.96. The summed E-state index contributed by atoms with van der Waals surface area (Å²) in [4.78, 5) is 21.7. The number of anilines is 1. The summed E-state index contributed by atoms with van der Waals surface area (Å²) in [6, 6.07) is 4.87. The molecule has 0 unspecified atom stereocenters. The standard InChI is InChI=1S/C11H12ClNO4S/c1-17-9-3-2-7(4-8(9)12)13-10(14)5-18-6-11(15)16/h2-4H,5-6H2,1H3,(H,13,14)(H,15,16). The second kappa shape index (κ2) is 7.13. The SMILES string of the molecule is COc1ccc(NC(=O)CSCC(=O)O)cc1Cl. The molecule has 7 heteroatoms. The van der Waals surface area contributed by atoms with Gasteiger partial charge in [0.1, 0.15) is 5.75 Å². The Morgan fingerprint density at radius 2 is 2.17 bits per heavy atom. The van der Waals surface area contributed by atoms with E-state index in [2.05, 4.69) is 5.32 Å². The minimum Gasteiger partial charge on any atom is -0.495 e. The van der Waals surface area contributed by atoms with Crippen LogP contribution in [-0.4, -0.2) is 35.6 Å². The van der Waals surface area contributed by atoms with Gasteiger partial charge in [0.15, 0.2) is 0 Å². The van der Waals surface area contributed by atoms with Gasteiger partial charge in [-0.3, -0.25) is 9.59 Å². The number of carboxylic acid groups (broad SMARTS) is 1. The average Bonchev–Trinajstić information content (AvgIpc) is 2.28. The minimum atomic E-state index is -0.944. The average molecular weight is 290 g/mol. The lowest BCUT2D eigenvalue weighted by atomic mass is 10.3. The Bertz CT molecular complexity index is 453. The molecular formula is C11H12ClNO4S. The predicted octanol–water partition coefficient (Wildman–Crippen LogP) is 2.10. The third kappa shape index (κ3) is 4.85. The Balaban J connectivity index is 2.49. The van der Waals surface area contributed by atoms with Crippen molar-refractivity contribution < 1.29 is 19.4 Å². The van der Waals surface area contributed by atoms with E-state index in [1.54, 1.807) is 18.2 Å². The molecule has 1 rings (SSSR count). The van der Waals surface area contributed by atoms with Gasteiger partial charge < -0.3 is 15.2 Å². The van der Waals surface area contributed by atoms with Crippen LogP contribution in [0.25, 0.3) is 0 Å². The summed E-state index contributed by atoms with van der Waals surface area (Å²) in [6.45, 7) is 0. The number of hydrogen-bond acceptors (Lipinski definition) is 4. The maximum absolute atomic E-state index is 11.5. The van der Waals surface area contributed by atoms with E-state index in [0.29, 0.717) is 16.5 Å². The van der Waals surface area contributed by atoms with Crippen LogP contribution in [0.2, 0.25) is 5.02 Å². The van der Waals surface area contributed by atoms with Gasteiger partial charge in [-0.25, -0.2) is 0 Å². The molecule has 0 bridgehead atoms. The smallest absolute Gasteiger partial charge is 0.313 e. The van der Waals surface area contributed by atoms with Gasteiger partial charge in [-0.05, 0) is 18.2 Å². The van der Waals surface area contributed by atoms with Crippen molar-refractivity contribution in [3.8, 4) is 5.75 Å². The molecule has 2 N–H and O–H groups in total. The molecule has 0 saturated heterocycles. The highest BCUT2D eigenvalue weighted by molar-refractivity contribution is 8.00. The number of hydrogen-bond donors (Lipinski definition) is 2.